The molecule has 0 spiro atoms. The average Bonchev–Trinajstić information content (AvgIpc) is 3.32. The van der Waals surface area contributed by atoms with Crippen molar-refractivity contribution in [2.24, 2.45) is 0 Å². The number of halogens is 1. The van der Waals surface area contributed by atoms with Crippen LogP contribution in [0.3, 0.4) is 0 Å². The molecule has 2 heterocycles. The van der Waals surface area contributed by atoms with E-state index in [1.54, 1.807) is 23.1 Å². The molecular weight excluding hydrogens is 392 g/mol. The predicted octanol–water partition coefficient (Wildman–Crippen LogP) is 5.15. The highest BCUT2D eigenvalue weighted by Gasteiger charge is 2.24. The van der Waals surface area contributed by atoms with E-state index in [2.05, 4.69) is 17.4 Å². The lowest BCUT2D eigenvalue weighted by atomic mass is 9.84. The molecule has 1 aliphatic carbocycles. The zero-order chi connectivity index (χ0) is 19.5. The van der Waals surface area contributed by atoms with Crippen molar-refractivity contribution in [1.82, 2.24) is 5.32 Å². The topological polar surface area (TPSA) is 49.4 Å². The van der Waals surface area contributed by atoms with Crippen LogP contribution < -0.4 is 10.2 Å². The molecule has 1 aromatic carbocycles. The Labute approximate surface area is 174 Å². The molecule has 4 rings (SSSR count). The molecule has 4 nitrogen and oxygen atoms in total. The van der Waals surface area contributed by atoms with Gasteiger partial charge in [-0.05, 0) is 54.2 Å². The zero-order valence-corrected chi connectivity index (χ0v) is 17.2. The fourth-order valence-corrected chi connectivity index (χ4v) is 4.94. The number of anilines is 1. The van der Waals surface area contributed by atoms with E-state index in [-0.39, 0.29) is 11.8 Å². The van der Waals surface area contributed by atoms with Gasteiger partial charge in [0.25, 0.3) is 11.8 Å². The number of nitrogens with zero attached hydrogens (tertiary/aromatic N) is 1. The first kappa shape index (κ1) is 19.2. The normalized spacial score (nSPS) is 17.7. The maximum Gasteiger partial charge on any atom is 0.261 e. The Morgan fingerprint density at radius 2 is 1.86 bits per heavy atom. The summed E-state index contributed by atoms with van der Waals surface area (Å²) in [5.74, 6) is 0.459. The largest absolute Gasteiger partial charge is 0.348 e. The predicted molar refractivity (Wildman–Crippen MR) is 114 cm³/mol. The van der Waals surface area contributed by atoms with E-state index in [0.29, 0.717) is 28.2 Å². The number of amides is 2. The van der Waals surface area contributed by atoms with Crippen molar-refractivity contribution in [3.05, 3.63) is 62.8 Å². The molecule has 0 radical (unpaired) electrons. The summed E-state index contributed by atoms with van der Waals surface area (Å²) in [5.41, 5.74) is 3.19. The number of hydrogen-bond donors (Lipinski definition) is 1. The molecule has 0 atom stereocenters. The summed E-state index contributed by atoms with van der Waals surface area (Å²) in [5, 5.41) is 2.86. The number of carbonyl (C=O) groups excluding carboxylic acids is 2. The molecule has 1 saturated carbocycles. The number of nitrogens with one attached hydrogen (secondary N) is 1. The van der Waals surface area contributed by atoms with E-state index in [1.807, 2.05) is 12.1 Å². The van der Waals surface area contributed by atoms with Gasteiger partial charge in [-0.2, -0.15) is 0 Å². The number of hydrogen-bond acceptors (Lipinski definition) is 3. The van der Waals surface area contributed by atoms with Gasteiger partial charge in [0.2, 0.25) is 0 Å². The summed E-state index contributed by atoms with van der Waals surface area (Å²) < 4.78 is 0.586. The van der Waals surface area contributed by atoms with E-state index in [1.165, 1.54) is 49.0 Å². The molecule has 2 aromatic rings. The monoisotopic (exact) mass is 414 g/mol. The second kappa shape index (κ2) is 8.50. The van der Waals surface area contributed by atoms with Crippen LogP contribution in [-0.4, -0.2) is 24.9 Å². The van der Waals surface area contributed by atoms with Crippen LogP contribution >= 0.6 is 22.9 Å². The van der Waals surface area contributed by atoms with Gasteiger partial charge in [0, 0.05) is 24.9 Å². The van der Waals surface area contributed by atoms with Crippen molar-refractivity contribution >= 4 is 40.4 Å². The third kappa shape index (κ3) is 4.31. The Morgan fingerprint density at radius 3 is 2.54 bits per heavy atom. The van der Waals surface area contributed by atoms with Crippen LogP contribution in [0.15, 0.2) is 48.0 Å². The van der Waals surface area contributed by atoms with E-state index in [9.17, 15) is 9.59 Å². The van der Waals surface area contributed by atoms with Crippen molar-refractivity contribution < 1.29 is 9.59 Å². The fourth-order valence-electron chi connectivity index (χ4n) is 3.98. The summed E-state index contributed by atoms with van der Waals surface area (Å²) in [6.45, 7) is 0.865. The van der Waals surface area contributed by atoms with Crippen molar-refractivity contribution in [1.29, 1.82) is 0 Å². The quantitative estimate of drug-likeness (QED) is 0.735. The number of rotatable bonds is 5. The zero-order valence-electron chi connectivity index (χ0n) is 15.6. The van der Waals surface area contributed by atoms with Gasteiger partial charge in [0.1, 0.15) is 0 Å². The van der Waals surface area contributed by atoms with Gasteiger partial charge < -0.3 is 10.2 Å². The van der Waals surface area contributed by atoms with Crippen molar-refractivity contribution in [3.63, 3.8) is 0 Å². The average molecular weight is 415 g/mol. The van der Waals surface area contributed by atoms with Crippen molar-refractivity contribution in [2.75, 3.05) is 18.0 Å². The first-order valence-electron chi connectivity index (χ1n) is 9.74. The maximum atomic E-state index is 12.4. The third-order valence-electron chi connectivity index (χ3n) is 5.51. The lowest BCUT2D eigenvalue weighted by Crippen LogP contribution is -2.29. The summed E-state index contributed by atoms with van der Waals surface area (Å²) in [6, 6.07) is 11.8. The molecule has 0 bridgehead atoms. The van der Waals surface area contributed by atoms with Gasteiger partial charge in [-0.1, -0.05) is 43.0 Å². The van der Waals surface area contributed by atoms with Crippen LogP contribution in [-0.2, 0) is 4.79 Å². The van der Waals surface area contributed by atoms with Gasteiger partial charge in [0.05, 0.1) is 9.21 Å². The Balaban J connectivity index is 1.34. The van der Waals surface area contributed by atoms with Crippen LogP contribution in [0.2, 0.25) is 4.34 Å². The van der Waals surface area contributed by atoms with Crippen LogP contribution in [0.1, 0.15) is 53.3 Å². The molecule has 1 aliphatic heterocycles. The van der Waals surface area contributed by atoms with Crippen molar-refractivity contribution in [2.45, 2.75) is 38.0 Å². The molecule has 28 heavy (non-hydrogen) atoms. The van der Waals surface area contributed by atoms with Gasteiger partial charge in [0.15, 0.2) is 0 Å². The van der Waals surface area contributed by atoms with Crippen LogP contribution in [0, 0.1) is 0 Å². The minimum absolute atomic E-state index is 0.0335. The molecule has 0 unspecified atom stereocenters. The lowest BCUT2D eigenvalue weighted by molar-refractivity contribution is -0.113. The van der Waals surface area contributed by atoms with E-state index >= 15 is 0 Å². The van der Waals surface area contributed by atoms with Gasteiger partial charge in [-0.15, -0.1) is 11.3 Å². The highest BCUT2D eigenvalue weighted by Crippen LogP contribution is 2.33. The minimum Gasteiger partial charge on any atom is -0.348 e. The molecular formula is C22H23ClN2O2S. The van der Waals surface area contributed by atoms with Gasteiger partial charge in [-0.3, -0.25) is 9.59 Å². The van der Waals surface area contributed by atoms with Gasteiger partial charge in [-0.25, -0.2) is 0 Å². The molecule has 1 N–H and O–H groups in total. The summed E-state index contributed by atoms with van der Waals surface area (Å²) in [7, 11) is 0. The number of benzene rings is 1. The van der Waals surface area contributed by atoms with Crippen LogP contribution in [0.4, 0.5) is 5.69 Å². The smallest absolute Gasteiger partial charge is 0.261 e. The molecule has 1 aromatic heterocycles. The van der Waals surface area contributed by atoms with Crippen LogP contribution in [0.5, 0.6) is 0 Å². The minimum atomic E-state index is -0.166. The fraction of sp³-hybridized carbons (Fsp3) is 0.364. The molecule has 2 aliphatic rings. The SMILES string of the molecule is O=C(NCC1=CC(=O)N(c2ccc(C3CCCCC3)cc2)C1)c1ccc(Cl)s1. The first-order valence-corrected chi connectivity index (χ1v) is 10.9. The van der Waals surface area contributed by atoms with E-state index in [0.717, 1.165) is 11.3 Å². The maximum absolute atomic E-state index is 12.4. The Bertz CT molecular complexity index is 898. The molecule has 6 heteroatoms. The second-order valence-electron chi connectivity index (χ2n) is 7.44. The molecule has 1 fully saturated rings. The Hall–Kier alpha value is -2.11. The highest BCUT2D eigenvalue weighted by atomic mass is 35.5. The molecule has 2 amide bonds. The van der Waals surface area contributed by atoms with E-state index in [4.69, 9.17) is 11.6 Å². The molecule has 146 valence electrons. The Kier molecular flexibility index (Phi) is 5.83. The van der Waals surface area contributed by atoms with Gasteiger partial charge >= 0.3 is 0 Å². The Morgan fingerprint density at radius 1 is 1.11 bits per heavy atom. The summed E-state index contributed by atoms with van der Waals surface area (Å²) in [6.07, 6.45) is 8.13. The van der Waals surface area contributed by atoms with E-state index < -0.39 is 0 Å². The third-order valence-corrected chi connectivity index (χ3v) is 6.74. The first-order chi connectivity index (χ1) is 13.6. The number of thiophene rings is 1. The lowest BCUT2D eigenvalue weighted by Gasteiger charge is -2.23. The molecule has 0 saturated heterocycles. The standard InChI is InChI=1S/C22H23ClN2O2S/c23-20-11-10-19(28-20)22(27)24-13-15-12-21(26)25(14-15)18-8-6-17(7-9-18)16-4-2-1-3-5-16/h6-12,16H,1-5,13-14H2,(H,24,27). The summed E-state index contributed by atoms with van der Waals surface area (Å²) >= 11 is 7.12. The number of carbonyl (C=O) groups is 2. The highest BCUT2D eigenvalue weighted by molar-refractivity contribution is 7.18. The van der Waals surface area contributed by atoms with Crippen molar-refractivity contribution in [3.8, 4) is 0 Å². The summed E-state index contributed by atoms with van der Waals surface area (Å²) in [4.78, 5) is 26.9. The van der Waals surface area contributed by atoms with Crippen LogP contribution in [0.25, 0.3) is 0 Å². The second-order valence-corrected chi connectivity index (χ2v) is 9.15.